The van der Waals surface area contributed by atoms with E-state index in [1.807, 2.05) is 6.92 Å². The summed E-state index contributed by atoms with van der Waals surface area (Å²) in [6.45, 7) is 4.87. The van der Waals surface area contributed by atoms with Crippen molar-refractivity contribution >= 4 is 29.2 Å². The Morgan fingerprint density at radius 3 is 2.52 bits per heavy atom. The summed E-state index contributed by atoms with van der Waals surface area (Å²) >= 11 is 6.03. The van der Waals surface area contributed by atoms with Crippen molar-refractivity contribution in [2.75, 3.05) is 19.0 Å². The smallest absolute Gasteiger partial charge is 0.342 e. The standard InChI is InChI=1S/C17H20ClN3O4/c1-9-6-13(14(24-5)7-12(9)18)19-15(22)8-25-17(23)16-10(2)20-21(4)11(16)3/h6-7H,8H2,1-5H3,(H,19,22). The van der Waals surface area contributed by atoms with Gasteiger partial charge in [-0.25, -0.2) is 4.79 Å². The maximum absolute atomic E-state index is 12.2. The van der Waals surface area contributed by atoms with Gasteiger partial charge in [-0.3, -0.25) is 9.48 Å². The summed E-state index contributed by atoms with van der Waals surface area (Å²) in [5, 5.41) is 7.33. The summed E-state index contributed by atoms with van der Waals surface area (Å²) in [5.41, 5.74) is 2.85. The molecule has 0 aliphatic heterocycles. The molecule has 0 saturated heterocycles. The van der Waals surface area contributed by atoms with Crippen LogP contribution in [0.15, 0.2) is 12.1 Å². The molecule has 1 heterocycles. The summed E-state index contributed by atoms with van der Waals surface area (Å²) in [6, 6.07) is 3.30. The zero-order valence-electron chi connectivity index (χ0n) is 14.8. The van der Waals surface area contributed by atoms with Gasteiger partial charge in [0.15, 0.2) is 6.61 Å². The Kier molecular flexibility index (Phi) is 5.69. The monoisotopic (exact) mass is 365 g/mol. The van der Waals surface area contributed by atoms with Crippen molar-refractivity contribution < 1.29 is 19.1 Å². The van der Waals surface area contributed by atoms with Crippen molar-refractivity contribution in [3.63, 3.8) is 0 Å². The van der Waals surface area contributed by atoms with E-state index < -0.39 is 18.5 Å². The number of hydrogen-bond acceptors (Lipinski definition) is 5. The summed E-state index contributed by atoms with van der Waals surface area (Å²) < 4.78 is 11.9. The van der Waals surface area contributed by atoms with Gasteiger partial charge in [-0.2, -0.15) is 5.10 Å². The Morgan fingerprint density at radius 2 is 1.96 bits per heavy atom. The molecule has 2 rings (SSSR count). The fourth-order valence-electron chi connectivity index (χ4n) is 2.39. The van der Waals surface area contributed by atoms with Crippen molar-refractivity contribution in [1.82, 2.24) is 9.78 Å². The van der Waals surface area contributed by atoms with Crippen LogP contribution in [0.3, 0.4) is 0 Å². The fourth-order valence-corrected chi connectivity index (χ4v) is 2.54. The van der Waals surface area contributed by atoms with Crippen LogP contribution in [0.25, 0.3) is 0 Å². The molecule has 1 aromatic carbocycles. The first kappa shape index (κ1) is 18.8. The minimum absolute atomic E-state index is 0.371. The van der Waals surface area contributed by atoms with Gasteiger partial charge in [-0.05, 0) is 32.4 Å². The van der Waals surface area contributed by atoms with Gasteiger partial charge in [0.2, 0.25) is 0 Å². The number of halogens is 1. The number of rotatable bonds is 5. The second kappa shape index (κ2) is 7.57. The second-order valence-electron chi connectivity index (χ2n) is 5.60. The Balaban J connectivity index is 2.04. The average Bonchev–Trinajstić information content (AvgIpc) is 2.81. The average molecular weight is 366 g/mol. The number of aryl methyl sites for hydroxylation is 3. The number of anilines is 1. The first-order valence-electron chi connectivity index (χ1n) is 7.56. The molecule has 8 heteroatoms. The molecule has 7 nitrogen and oxygen atoms in total. The molecule has 0 atom stereocenters. The van der Waals surface area contributed by atoms with Gasteiger partial charge >= 0.3 is 5.97 Å². The van der Waals surface area contributed by atoms with Crippen molar-refractivity contribution in [1.29, 1.82) is 0 Å². The number of carbonyl (C=O) groups excluding carboxylic acids is 2. The molecular formula is C17H20ClN3O4. The lowest BCUT2D eigenvalue weighted by Gasteiger charge is -2.12. The Bertz CT molecular complexity index is 830. The minimum Gasteiger partial charge on any atom is -0.495 e. The van der Waals surface area contributed by atoms with Gasteiger partial charge in [0.25, 0.3) is 5.91 Å². The van der Waals surface area contributed by atoms with E-state index in [1.165, 1.54) is 7.11 Å². The molecule has 0 aliphatic carbocycles. The van der Waals surface area contributed by atoms with Crippen LogP contribution in [0.4, 0.5) is 5.69 Å². The van der Waals surface area contributed by atoms with Gasteiger partial charge in [0.05, 0.1) is 18.5 Å². The second-order valence-corrected chi connectivity index (χ2v) is 6.00. The Hall–Kier alpha value is -2.54. The van der Waals surface area contributed by atoms with E-state index in [0.717, 1.165) is 5.56 Å². The fraction of sp³-hybridized carbons (Fsp3) is 0.353. The molecule has 0 fully saturated rings. The molecule has 1 aromatic heterocycles. The highest BCUT2D eigenvalue weighted by Crippen LogP contribution is 2.30. The molecule has 0 saturated carbocycles. The van der Waals surface area contributed by atoms with E-state index in [9.17, 15) is 9.59 Å². The molecule has 1 N–H and O–H groups in total. The molecule has 25 heavy (non-hydrogen) atoms. The van der Waals surface area contributed by atoms with Gasteiger partial charge in [0, 0.05) is 23.8 Å². The van der Waals surface area contributed by atoms with E-state index in [4.69, 9.17) is 21.1 Å². The number of methoxy groups -OCH3 is 1. The van der Waals surface area contributed by atoms with Crippen LogP contribution in [0.5, 0.6) is 5.75 Å². The van der Waals surface area contributed by atoms with E-state index in [2.05, 4.69) is 10.4 Å². The third-order valence-electron chi connectivity index (χ3n) is 3.80. The molecule has 0 unspecified atom stereocenters. The van der Waals surface area contributed by atoms with E-state index in [1.54, 1.807) is 37.7 Å². The van der Waals surface area contributed by atoms with Gasteiger partial charge in [-0.15, -0.1) is 0 Å². The van der Waals surface area contributed by atoms with Crippen LogP contribution in [0, 0.1) is 20.8 Å². The van der Waals surface area contributed by atoms with Crippen LogP contribution in [0.1, 0.15) is 27.3 Å². The number of hydrogen-bond donors (Lipinski definition) is 1. The number of benzene rings is 1. The largest absolute Gasteiger partial charge is 0.495 e. The number of nitrogens with one attached hydrogen (secondary N) is 1. The SMILES string of the molecule is COc1cc(Cl)c(C)cc1NC(=O)COC(=O)c1c(C)nn(C)c1C. The topological polar surface area (TPSA) is 82.4 Å². The molecule has 0 bridgehead atoms. The zero-order valence-corrected chi connectivity index (χ0v) is 15.5. The predicted molar refractivity (Wildman–Crippen MR) is 94.3 cm³/mol. The highest BCUT2D eigenvalue weighted by Gasteiger charge is 2.20. The lowest BCUT2D eigenvalue weighted by atomic mass is 10.2. The number of ether oxygens (including phenoxy) is 2. The maximum Gasteiger partial charge on any atom is 0.342 e. The van der Waals surface area contributed by atoms with Crippen LogP contribution >= 0.6 is 11.6 Å². The first-order valence-corrected chi connectivity index (χ1v) is 7.93. The van der Waals surface area contributed by atoms with Crippen molar-refractivity contribution in [2.45, 2.75) is 20.8 Å². The lowest BCUT2D eigenvalue weighted by Crippen LogP contribution is -2.21. The molecule has 2 aromatic rings. The minimum atomic E-state index is -0.586. The number of nitrogens with zero attached hydrogens (tertiary/aromatic N) is 2. The van der Waals surface area contributed by atoms with Gasteiger partial charge < -0.3 is 14.8 Å². The lowest BCUT2D eigenvalue weighted by molar-refractivity contribution is -0.119. The number of aromatic nitrogens is 2. The van der Waals surface area contributed by atoms with E-state index in [-0.39, 0.29) is 0 Å². The van der Waals surface area contributed by atoms with Crippen LogP contribution in [-0.4, -0.2) is 35.4 Å². The summed E-state index contributed by atoms with van der Waals surface area (Å²) in [6.07, 6.45) is 0. The van der Waals surface area contributed by atoms with E-state index >= 15 is 0 Å². The highest BCUT2D eigenvalue weighted by molar-refractivity contribution is 6.31. The number of amides is 1. The summed E-state index contributed by atoms with van der Waals surface area (Å²) in [5.74, 6) is -0.640. The summed E-state index contributed by atoms with van der Waals surface area (Å²) in [4.78, 5) is 24.3. The Labute approximate surface area is 150 Å². The highest BCUT2D eigenvalue weighted by atomic mass is 35.5. The number of esters is 1. The van der Waals surface area contributed by atoms with Crippen molar-refractivity contribution in [3.05, 3.63) is 39.7 Å². The quantitative estimate of drug-likeness (QED) is 0.824. The van der Waals surface area contributed by atoms with Crippen molar-refractivity contribution in [3.8, 4) is 5.75 Å². The molecular weight excluding hydrogens is 346 g/mol. The van der Waals surface area contributed by atoms with Crippen LogP contribution in [0.2, 0.25) is 5.02 Å². The van der Waals surface area contributed by atoms with Crippen LogP contribution in [-0.2, 0) is 16.6 Å². The molecule has 0 radical (unpaired) electrons. The van der Waals surface area contributed by atoms with Crippen LogP contribution < -0.4 is 10.1 Å². The van der Waals surface area contributed by atoms with Gasteiger partial charge in [0.1, 0.15) is 11.3 Å². The van der Waals surface area contributed by atoms with Crippen molar-refractivity contribution in [2.24, 2.45) is 7.05 Å². The van der Waals surface area contributed by atoms with E-state index in [0.29, 0.717) is 33.4 Å². The first-order chi connectivity index (χ1) is 11.7. The summed E-state index contributed by atoms with van der Waals surface area (Å²) in [7, 11) is 3.21. The molecule has 134 valence electrons. The normalized spacial score (nSPS) is 10.5. The predicted octanol–water partition coefficient (Wildman–Crippen LogP) is 2.80. The van der Waals surface area contributed by atoms with Gasteiger partial charge in [-0.1, -0.05) is 11.6 Å². The number of carbonyl (C=O) groups is 2. The molecule has 0 spiro atoms. The third-order valence-corrected chi connectivity index (χ3v) is 4.21. The Morgan fingerprint density at radius 1 is 1.28 bits per heavy atom. The maximum atomic E-state index is 12.2. The third kappa shape index (κ3) is 4.11. The zero-order chi connectivity index (χ0) is 18.7. The molecule has 1 amide bonds. The molecule has 0 aliphatic rings.